The monoisotopic (exact) mass is 613 g/mol. The molecule has 2 heterocycles. The van der Waals surface area contributed by atoms with Gasteiger partial charge in [0.25, 0.3) is 11.5 Å². The highest BCUT2D eigenvalue weighted by atomic mass is 35.5. The van der Waals surface area contributed by atoms with Gasteiger partial charge in [0.15, 0.2) is 21.3 Å². The molecule has 1 atom stereocenters. The summed E-state index contributed by atoms with van der Waals surface area (Å²) in [4.78, 5) is 36.0. The van der Waals surface area contributed by atoms with E-state index in [1.807, 2.05) is 24.3 Å². The minimum Gasteiger partial charge on any atom is -0.382 e. The predicted molar refractivity (Wildman–Crippen MR) is 168 cm³/mol. The summed E-state index contributed by atoms with van der Waals surface area (Å²) in [5.41, 5.74) is 8.47. The number of nitrogen functional groups attached to an aromatic ring is 1. The number of hydrogen-bond donors (Lipinski definition) is 2. The molecule has 218 valence electrons. The molecule has 1 aliphatic rings. The molecule has 3 aromatic carbocycles. The molecule has 2 aromatic heterocycles. The number of amides is 1. The topological polar surface area (TPSA) is 137 Å². The molecule has 0 radical (unpaired) electrons. The van der Waals surface area contributed by atoms with Gasteiger partial charge in [0, 0.05) is 16.9 Å². The van der Waals surface area contributed by atoms with Gasteiger partial charge < -0.3 is 11.1 Å². The van der Waals surface area contributed by atoms with Gasteiger partial charge in [0.1, 0.15) is 0 Å². The predicted octanol–water partition coefficient (Wildman–Crippen LogP) is 5.25. The largest absolute Gasteiger partial charge is 0.382 e. The maximum atomic E-state index is 13.7. The van der Waals surface area contributed by atoms with Crippen molar-refractivity contribution in [2.75, 3.05) is 5.73 Å². The van der Waals surface area contributed by atoms with Crippen LogP contribution in [0.15, 0.2) is 89.9 Å². The van der Waals surface area contributed by atoms with Crippen LogP contribution in [0.5, 0.6) is 0 Å². The SMILES string of the molecule is C[C@H](NC(=O)c1nc(-c2cccc(CS(=O)(=O)C3CC3)c2)cnc1N)c1cc2cccc(Cl)c2c(=O)n1-c1ccccc1. The van der Waals surface area contributed by atoms with Gasteiger partial charge in [-0.05, 0) is 61.0 Å². The molecule has 0 bridgehead atoms. The molecule has 5 aromatic rings. The first kappa shape index (κ1) is 28.6. The molecule has 0 saturated heterocycles. The number of aromatic nitrogens is 3. The molecular formula is C32H28ClN5O4S. The molecule has 0 spiro atoms. The number of rotatable bonds is 8. The average Bonchev–Trinajstić information content (AvgIpc) is 3.84. The lowest BCUT2D eigenvalue weighted by atomic mass is 10.1. The Morgan fingerprint density at radius 1 is 1.07 bits per heavy atom. The number of fused-ring (bicyclic) bond motifs is 1. The lowest BCUT2D eigenvalue weighted by Crippen LogP contribution is -2.33. The van der Waals surface area contributed by atoms with Gasteiger partial charge in [-0.15, -0.1) is 0 Å². The van der Waals surface area contributed by atoms with E-state index >= 15 is 0 Å². The maximum absolute atomic E-state index is 13.7. The van der Waals surface area contributed by atoms with Crippen LogP contribution in [0, 0.1) is 0 Å². The number of hydrogen-bond acceptors (Lipinski definition) is 7. The summed E-state index contributed by atoms with van der Waals surface area (Å²) in [5.74, 6) is -0.699. The van der Waals surface area contributed by atoms with Crippen molar-refractivity contribution < 1.29 is 13.2 Å². The van der Waals surface area contributed by atoms with Crippen LogP contribution in [-0.2, 0) is 15.6 Å². The van der Waals surface area contributed by atoms with Crippen molar-refractivity contribution >= 4 is 43.9 Å². The molecule has 1 saturated carbocycles. The molecule has 1 fully saturated rings. The van der Waals surface area contributed by atoms with Crippen molar-refractivity contribution in [3.8, 4) is 16.9 Å². The smallest absolute Gasteiger partial charge is 0.274 e. The normalized spacial score (nSPS) is 14.0. The van der Waals surface area contributed by atoms with Crippen molar-refractivity contribution in [2.45, 2.75) is 36.8 Å². The molecule has 11 heteroatoms. The Kier molecular flexibility index (Phi) is 7.49. The number of pyridine rings is 1. The van der Waals surface area contributed by atoms with Crippen LogP contribution in [0.4, 0.5) is 5.82 Å². The van der Waals surface area contributed by atoms with Crippen LogP contribution in [0.25, 0.3) is 27.7 Å². The zero-order valence-corrected chi connectivity index (χ0v) is 24.8. The first-order chi connectivity index (χ1) is 20.6. The number of carbonyl (C=O) groups excluding carboxylic acids is 1. The number of carbonyl (C=O) groups is 1. The number of sulfone groups is 1. The standard InChI is InChI=1S/C32H28ClN5O4S/c1-19(27-16-22-9-6-12-25(33)28(22)32(40)38(27)23-10-3-2-4-11-23)36-31(39)29-30(34)35-17-26(37-29)21-8-5-7-20(15-21)18-43(41,42)24-13-14-24/h2-12,15-17,19,24H,13-14,18H2,1H3,(H2,34,35)(H,36,39)/t19-/m0/s1. The van der Waals surface area contributed by atoms with Crippen molar-refractivity contribution in [1.29, 1.82) is 0 Å². The van der Waals surface area contributed by atoms with E-state index in [2.05, 4.69) is 15.3 Å². The van der Waals surface area contributed by atoms with Crippen molar-refractivity contribution in [3.63, 3.8) is 0 Å². The number of nitrogens with zero attached hydrogens (tertiary/aromatic N) is 3. The fraction of sp³-hybridized carbons (Fsp3) is 0.188. The lowest BCUT2D eigenvalue weighted by Gasteiger charge is -2.21. The summed E-state index contributed by atoms with van der Waals surface area (Å²) < 4.78 is 26.6. The number of benzene rings is 3. The molecule has 1 amide bonds. The van der Waals surface area contributed by atoms with Gasteiger partial charge in [0.05, 0.1) is 39.3 Å². The molecule has 43 heavy (non-hydrogen) atoms. The highest BCUT2D eigenvalue weighted by Gasteiger charge is 2.35. The fourth-order valence-corrected chi connectivity index (χ4v) is 7.14. The van der Waals surface area contributed by atoms with Gasteiger partial charge >= 0.3 is 0 Å². The fourth-order valence-electron chi connectivity index (χ4n) is 5.14. The molecule has 0 aliphatic heterocycles. The van der Waals surface area contributed by atoms with E-state index < -0.39 is 21.8 Å². The second kappa shape index (κ2) is 11.3. The Labute approximate surface area is 253 Å². The van der Waals surface area contributed by atoms with Gasteiger partial charge in [-0.1, -0.05) is 60.1 Å². The van der Waals surface area contributed by atoms with Crippen LogP contribution in [-0.4, -0.2) is 34.1 Å². The minimum atomic E-state index is -3.20. The second-order valence-electron chi connectivity index (χ2n) is 10.6. The van der Waals surface area contributed by atoms with E-state index in [1.165, 1.54) is 10.8 Å². The summed E-state index contributed by atoms with van der Waals surface area (Å²) in [7, 11) is -3.20. The molecule has 3 N–H and O–H groups in total. The third-order valence-corrected chi connectivity index (χ3v) is 10.0. The Morgan fingerprint density at radius 3 is 2.56 bits per heavy atom. The van der Waals surface area contributed by atoms with Crippen LogP contribution in [0.2, 0.25) is 5.02 Å². The Bertz CT molecular complexity index is 2040. The number of anilines is 1. The summed E-state index contributed by atoms with van der Waals surface area (Å²) in [6.07, 6.45) is 2.86. The molecule has 0 unspecified atom stereocenters. The first-order valence-electron chi connectivity index (χ1n) is 13.8. The van der Waals surface area contributed by atoms with Crippen molar-refractivity contribution in [2.24, 2.45) is 0 Å². The van der Waals surface area contributed by atoms with Gasteiger partial charge in [-0.2, -0.15) is 0 Å². The van der Waals surface area contributed by atoms with E-state index in [0.29, 0.717) is 56.8 Å². The van der Waals surface area contributed by atoms with Crippen molar-refractivity contribution in [3.05, 3.63) is 117 Å². The second-order valence-corrected chi connectivity index (χ2v) is 13.3. The molecule has 1 aliphatic carbocycles. The zero-order valence-electron chi connectivity index (χ0n) is 23.2. The quantitative estimate of drug-likeness (QED) is 0.244. The van der Waals surface area contributed by atoms with Gasteiger partial charge in [-0.25, -0.2) is 18.4 Å². The van der Waals surface area contributed by atoms with E-state index in [0.717, 1.165) is 0 Å². The number of nitrogens with two attached hydrogens (primary N) is 1. The first-order valence-corrected chi connectivity index (χ1v) is 15.9. The molecule has 9 nitrogen and oxygen atoms in total. The third kappa shape index (κ3) is 5.76. The summed E-state index contributed by atoms with van der Waals surface area (Å²) in [6, 6.07) is 22.5. The van der Waals surface area contributed by atoms with Gasteiger partial charge in [0.2, 0.25) is 0 Å². The van der Waals surface area contributed by atoms with Gasteiger partial charge in [-0.3, -0.25) is 14.2 Å². The summed E-state index contributed by atoms with van der Waals surface area (Å²) >= 11 is 6.42. The number of para-hydroxylation sites is 1. The average molecular weight is 614 g/mol. The van der Waals surface area contributed by atoms with Crippen LogP contribution in [0.1, 0.15) is 47.6 Å². The van der Waals surface area contributed by atoms with E-state index in [1.54, 1.807) is 61.5 Å². The van der Waals surface area contributed by atoms with Crippen LogP contribution >= 0.6 is 11.6 Å². The zero-order chi connectivity index (χ0) is 30.3. The summed E-state index contributed by atoms with van der Waals surface area (Å²) in [5, 5.41) is 4.02. The Balaban J connectivity index is 1.33. The number of nitrogens with one attached hydrogen (secondary N) is 1. The van der Waals surface area contributed by atoms with E-state index in [4.69, 9.17) is 17.3 Å². The van der Waals surface area contributed by atoms with Crippen LogP contribution < -0.4 is 16.6 Å². The van der Waals surface area contributed by atoms with Crippen LogP contribution in [0.3, 0.4) is 0 Å². The Morgan fingerprint density at radius 2 is 1.81 bits per heavy atom. The van der Waals surface area contributed by atoms with E-state index in [9.17, 15) is 18.0 Å². The maximum Gasteiger partial charge on any atom is 0.274 e. The highest BCUT2D eigenvalue weighted by Crippen LogP contribution is 2.32. The van der Waals surface area contributed by atoms with E-state index in [-0.39, 0.29) is 28.1 Å². The number of halogens is 1. The molecule has 6 rings (SSSR count). The third-order valence-electron chi connectivity index (χ3n) is 7.47. The van der Waals surface area contributed by atoms with Crippen molar-refractivity contribution in [1.82, 2.24) is 19.9 Å². The highest BCUT2D eigenvalue weighted by molar-refractivity contribution is 7.91. The molecular weight excluding hydrogens is 586 g/mol. The lowest BCUT2D eigenvalue weighted by molar-refractivity contribution is 0.0934. The minimum absolute atomic E-state index is 0.0567. The Hall–Kier alpha value is -4.54. The summed E-state index contributed by atoms with van der Waals surface area (Å²) in [6.45, 7) is 1.76.